The summed E-state index contributed by atoms with van der Waals surface area (Å²) in [6.07, 6.45) is 1.64. The zero-order chi connectivity index (χ0) is 21.8. The molecule has 0 amide bonds. The second-order valence-corrected chi connectivity index (χ2v) is 7.47. The molecule has 0 aliphatic rings. The van der Waals surface area contributed by atoms with Crippen LogP contribution in [0.2, 0.25) is 0 Å². The summed E-state index contributed by atoms with van der Waals surface area (Å²) in [5.41, 5.74) is 2.27. The Balaban J connectivity index is 1.65. The first-order valence-electron chi connectivity index (χ1n) is 9.35. The van der Waals surface area contributed by atoms with E-state index >= 15 is 0 Å². The molecule has 3 aromatic carbocycles. The third-order valence-electron chi connectivity index (χ3n) is 4.48. The lowest BCUT2D eigenvalue weighted by Gasteiger charge is -2.09. The molecule has 7 heteroatoms. The summed E-state index contributed by atoms with van der Waals surface area (Å²) in [6.45, 7) is 3.98. The van der Waals surface area contributed by atoms with Crippen molar-refractivity contribution in [3.63, 3.8) is 0 Å². The molecule has 0 unspecified atom stereocenters. The Morgan fingerprint density at radius 3 is 2.42 bits per heavy atom. The summed E-state index contributed by atoms with van der Waals surface area (Å²) in [6, 6.07) is 17.2. The third kappa shape index (κ3) is 4.51. The molecule has 1 aromatic heterocycles. The van der Waals surface area contributed by atoms with E-state index in [1.54, 1.807) is 61.7 Å². The molecule has 0 fully saturated rings. The highest BCUT2D eigenvalue weighted by atomic mass is 32.1. The van der Waals surface area contributed by atoms with Gasteiger partial charge < -0.3 is 18.6 Å². The predicted molar refractivity (Wildman–Crippen MR) is 119 cm³/mol. The first-order valence-corrected chi connectivity index (χ1v) is 10.2. The quantitative estimate of drug-likeness (QED) is 0.223. The Kier molecular flexibility index (Phi) is 5.86. The maximum atomic E-state index is 12.6. The van der Waals surface area contributed by atoms with Crippen LogP contribution in [0.25, 0.3) is 21.4 Å². The predicted octanol–water partition coefficient (Wildman–Crippen LogP) is 5.31. The number of methoxy groups -OCH3 is 1. The second-order valence-electron chi connectivity index (χ2n) is 6.49. The van der Waals surface area contributed by atoms with Gasteiger partial charge in [0, 0.05) is 11.6 Å². The van der Waals surface area contributed by atoms with Gasteiger partial charge in [-0.3, -0.25) is 0 Å². The number of carbonyl (C=O) groups is 1. The molecular formula is C24H18O6S. The van der Waals surface area contributed by atoms with Crippen molar-refractivity contribution >= 4 is 27.6 Å². The molecule has 0 aliphatic heterocycles. The Bertz CT molecular complexity index is 1280. The lowest BCUT2D eigenvalue weighted by Crippen LogP contribution is -2.08. The van der Waals surface area contributed by atoms with Gasteiger partial charge in [0.05, 0.1) is 17.4 Å². The Morgan fingerprint density at radius 1 is 1.03 bits per heavy atom. The van der Waals surface area contributed by atoms with Gasteiger partial charge in [-0.05, 0) is 48.0 Å². The smallest absolute Gasteiger partial charge is 0.396 e. The van der Waals surface area contributed by atoms with Gasteiger partial charge in [0.25, 0.3) is 0 Å². The van der Waals surface area contributed by atoms with Crippen LogP contribution in [0.3, 0.4) is 0 Å². The molecule has 0 saturated carbocycles. The van der Waals surface area contributed by atoms with E-state index in [9.17, 15) is 9.59 Å². The molecule has 0 spiro atoms. The molecule has 6 nitrogen and oxygen atoms in total. The highest BCUT2D eigenvalue weighted by molar-refractivity contribution is 7.16. The Hall–Kier alpha value is -3.84. The summed E-state index contributed by atoms with van der Waals surface area (Å²) in [5.74, 6) is 1.12. The molecule has 1 heterocycles. The van der Waals surface area contributed by atoms with Gasteiger partial charge in [-0.2, -0.15) is 0 Å². The first kappa shape index (κ1) is 20.4. The number of rotatable bonds is 7. The van der Waals surface area contributed by atoms with Crippen molar-refractivity contribution in [2.45, 2.75) is 0 Å². The van der Waals surface area contributed by atoms with Crippen LogP contribution >= 0.6 is 11.3 Å². The van der Waals surface area contributed by atoms with Crippen LogP contribution in [0.4, 0.5) is 0 Å². The number of fused-ring (bicyclic) bond motifs is 1. The molecule has 0 radical (unpaired) electrons. The summed E-state index contributed by atoms with van der Waals surface area (Å²) >= 11 is 0.952. The van der Waals surface area contributed by atoms with E-state index in [4.69, 9.17) is 18.6 Å². The fraction of sp³-hybridized carbons (Fsp3) is 0.0833. The Morgan fingerprint density at radius 2 is 1.74 bits per heavy atom. The highest BCUT2D eigenvalue weighted by Crippen LogP contribution is 2.35. The largest absolute Gasteiger partial charge is 0.497 e. The normalized spacial score (nSPS) is 10.6. The van der Waals surface area contributed by atoms with Gasteiger partial charge in [-0.25, -0.2) is 9.59 Å². The number of carbonyl (C=O) groups excluding carboxylic acids is 1. The van der Waals surface area contributed by atoms with Gasteiger partial charge in [-0.15, -0.1) is 0 Å². The maximum Gasteiger partial charge on any atom is 0.396 e. The fourth-order valence-corrected chi connectivity index (χ4v) is 3.73. The van der Waals surface area contributed by atoms with E-state index in [2.05, 4.69) is 6.58 Å². The summed E-state index contributed by atoms with van der Waals surface area (Å²) in [4.78, 5) is 24.0. The molecular weight excluding hydrogens is 416 g/mol. The van der Waals surface area contributed by atoms with Gasteiger partial charge in [0.2, 0.25) is 0 Å². The number of benzene rings is 3. The topological polar surface area (TPSA) is 75.0 Å². The third-order valence-corrected chi connectivity index (χ3v) is 5.25. The van der Waals surface area contributed by atoms with Crippen LogP contribution in [0, 0.1) is 0 Å². The van der Waals surface area contributed by atoms with Gasteiger partial charge in [0.1, 0.15) is 23.9 Å². The monoisotopic (exact) mass is 434 g/mol. The molecule has 0 aliphatic carbocycles. The lowest BCUT2D eigenvalue weighted by molar-refractivity contribution is 0.0735. The van der Waals surface area contributed by atoms with Crippen molar-refractivity contribution in [1.29, 1.82) is 0 Å². The van der Waals surface area contributed by atoms with Crippen molar-refractivity contribution in [3.8, 4) is 28.4 Å². The van der Waals surface area contributed by atoms with Gasteiger partial charge in [-0.1, -0.05) is 36.1 Å². The summed E-state index contributed by atoms with van der Waals surface area (Å²) in [5, 5.41) is 0. The van der Waals surface area contributed by atoms with Crippen LogP contribution in [0.15, 0.2) is 82.5 Å². The zero-order valence-electron chi connectivity index (χ0n) is 16.6. The van der Waals surface area contributed by atoms with Crippen molar-refractivity contribution in [3.05, 3.63) is 88.6 Å². The summed E-state index contributed by atoms with van der Waals surface area (Å²) in [7, 11) is 1.59. The van der Waals surface area contributed by atoms with E-state index in [0.717, 1.165) is 16.9 Å². The van der Waals surface area contributed by atoms with Crippen molar-refractivity contribution in [2.75, 3.05) is 13.7 Å². The van der Waals surface area contributed by atoms with Crippen LogP contribution in [-0.4, -0.2) is 19.7 Å². The molecule has 0 N–H and O–H groups in total. The maximum absolute atomic E-state index is 12.6. The Labute approximate surface area is 181 Å². The van der Waals surface area contributed by atoms with E-state index in [1.165, 1.54) is 0 Å². The van der Waals surface area contributed by atoms with Crippen molar-refractivity contribution in [1.82, 2.24) is 0 Å². The van der Waals surface area contributed by atoms with Crippen LogP contribution < -0.4 is 19.1 Å². The molecule has 4 rings (SSSR count). The second kappa shape index (κ2) is 8.89. The van der Waals surface area contributed by atoms with Crippen LogP contribution in [-0.2, 0) is 0 Å². The number of ether oxygens (including phenoxy) is 3. The van der Waals surface area contributed by atoms with Crippen molar-refractivity contribution in [2.24, 2.45) is 0 Å². The standard InChI is InChI=1S/C24H18O6S/c1-3-12-28-18-10-6-16(7-11-18)23(25)29-19-13-20(15-4-8-17(27-2)9-5-15)22-21(14-19)31-24(26)30-22/h3-11,13-14H,1,12H2,2H3. The highest BCUT2D eigenvalue weighted by Gasteiger charge is 2.16. The first-order chi connectivity index (χ1) is 15.1. The fourth-order valence-electron chi connectivity index (χ4n) is 3.00. The number of esters is 1. The minimum Gasteiger partial charge on any atom is -0.497 e. The van der Waals surface area contributed by atoms with E-state index < -0.39 is 10.9 Å². The average molecular weight is 434 g/mol. The average Bonchev–Trinajstić information content (AvgIpc) is 3.17. The molecule has 0 saturated heterocycles. The minimum atomic E-state index is -0.522. The van der Waals surface area contributed by atoms with Crippen LogP contribution in [0.5, 0.6) is 17.2 Å². The molecule has 0 bridgehead atoms. The minimum absolute atomic E-state index is 0.312. The van der Waals surface area contributed by atoms with Gasteiger partial charge >= 0.3 is 10.9 Å². The SMILES string of the molecule is C=CCOc1ccc(C(=O)Oc2cc(-c3ccc(OC)cc3)c3oc(=O)sc3c2)cc1. The zero-order valence-corrected chi connectivity index (χ0v) is 17.4. The summed E-state index contributed by atoms with van der Waals surface area (Å²) < 4.78 is 22.2. The number of hydrogen-bond donors (Lipinski definition) is 0. The van der Waals surface area contributed by atoms with Crippen LogP contribution in [0.1, 0.15) is 10.4 Å². The lowest BCUT2D eigenvalue weighted by atomic mass is 10.0. The molecule has 31 heavy (non-hydrogen) atoms. The molecule has 4 aromatic rings. The molecule has 156 valence electrons. The van der Waals surface area contributed by atoms with E-state index in [0.29, 0.717) is 45.3 Å². The van der Waals surface area contributed by atoms with Crippen molar-refractivity contribution < 1.29 is 23.4 Å². The van der Waals surface area contributed by atoms with E-state index in [1.807, 2.05) is 12.1 Å². The van der Waals surface area contributed by atoms with E-state index in [-0.39, 0.29) is 0 Å². The van der Waals surface area contributed by atoms with Gasteiger partial charge in [0.15, 0.2) is 5.58 Å². The molecule has 0 atom stereocenters. The number of hydrogen-bond acceptors (Lipinski definition) is 7.